The van der Waals surface area contributed by atoms with Crippen LogP contribution in [0.5, 0.6) is 5.75 Å². The Hall–Kier alpha value is -3.16. The second kappa shape index (κ2) is 7.59. The van der Waals surface area contributed by atoms with Crippen molar-refractivity contribution in [2.24, 2.45) is 0 Å². The normalized spacial score (nSPS) is 16.9. The van der Waals surface area contributed by atoms with Crippen LogP contribution in [0, 0.1) is 0 Å². The number of hydrogen-bond acceptors (Lipinski definition) is 5. The Bertz CT molecular complexity index is 1260. The first-order valence-electron chi connectivity index (χ1n) is 9.76. The summed E-state index contributed by atoms with van der Waals surface area (Å²) in [6.07, 6.45) is 3.01. The van der Waals surface area contributed by atoms with Gasteiger partial charge in [0, 0.05) is 29.0 Å². The minimum absolute atomic E-state index is 0.220. The van der Waals surface area contributed by atoms with E-state index in [4.69, 9.17) is 16.3 Å². The molecule has 0 spiro atoms. The van der Waals surface area contributed by atoms with E-state index >= 15 is 0 Å². The van der Waals surface area contributed by atoms with Gasteiger partial charge in [-0.3, -0.25) is 4.79 Å². The lowest BCUT2D eigenvalue weighted by molar-refractivity contribution is 0.208. The number of rotatable bonds is 4. The van der Waals surface area contributed by atoms with E-state index in [1.807, 2.05) is 30.3 Å². The predicted octanol–water partition coefficient (Wildman–Crippen LogP) is 3.51. The first-order valence-corrected chi connectivity index (χ1v) is 10.1. The number of pyridine rings is 1. The molecule has 1 aliphatic heterocycles. The first-order chi connectivity index (χ1) is 14.5. The van der Waals surface area contributed by atoms with Gasteiger partial charge < -0.3 is 14.6 Å². The zero-order valence-electron chi connectivity index (χ0n) is 16.4. The van der Waals surface area contributed by atoms with E-state index in [-0.39, 0.29) is 11.7 Å². The summed E-state index contributed by atoms with van der Waals surface area (Å²) in [6.45, 7) is 2.00. The fourth-order valence-corrected chi connectivity index (χ4v) is 3.92. The van der Waals surface area contributed by atoms with Crippen molar-refractivity contribution in [3.05, 3.63) is 70.1 Å². The Morgan fingerprint density at radius 2 is 2.00 bits per heavy atom. The third-order valence-electron chi connectivity index (χ3n) is 5.33. The van der Waals surface area contributed by atoms with Crippen molar-refractivity contribution in [2.75, 3.05) is 20.1 Å². The number of likely N-dealkylation sites (N-methyl/N-ethyl adjacent to an activating group) is 1. The highest BCUT2D eigenvalue weighted by atomic mass is 35.5. The van der Waals surface area contributed by atoms with Crippen LogP contribution in [0.15, 0.2) is 59.5 Å². The lowest BCUT2D eigenvalue weighted by Gasteiger charge is -2.14. The van der Waals surface area contributed by atoms with Gasteiger partial charge in [-0.1, -0.05) is 16.8 Å². The maximum absolute atomic E-state index is 12.5. The van der Waals surface area contributed by atoms with E-state index in [2.05, 4.69) is 27.2 Å². The summed E-state index contributed by atoms with van der Waals surface area (Å²) < 4.78 is 7.68. The summed E-state index contributed by atoms with van der Waals surface area (Å²) in [6, 6.07) is 14.8. The summed E-state index contributed by atoms with van der Waals surface area (Å²) in [5, 5.41) is 9.82. The molecule has 0 bridgehead atoms. The Labute approximate surface area is 177 Å². The van der Waals surface area contributed by atoms with Crippen molar-refractivity contribution in [3.8, 4) is 22.7 Å². The number of nitrogens with one attached hydrogen (secondary N) is 1. The van der Waals surface area contributed by atoms with Crippen LogP contribution in [0.25, 0.3) is 27.8 Å². The quantitative estimate of drug-likeness (QED) is 0.545. The second-order valence-electron chi connectivity index (χ2n) is 7.58. The highest BCUT2D eigenvalue weighted by Crippen LogP contribution is 2.23. The van der Waals surface area contributed by atoms with Crippen molar-refractivity contribution in [2.45, 2.75) is 12.5 Å². The number of benzene rings is 2. The monoisotopic (exact) mass is 421 g/mol. The molecule has 0 radical (unpaired) electrons. The number of H-pyrrole nitrogens is 1. The number of aromatic nitrogens is 4. The molecule has 7 nitrogen and oxygen atoms in total. The van der Waals surface area contributed by atoms with Crippen molar-refractivity contribution in [3.63, 3.8) is 0 Å². The van der Waals surface area contributed by atoms with E-state index in [0.717, 1.165) is 41.9 Å². The van der Waals surface area contributed by atoms with Gasteiger partial charge in [-0.15, -0.1) is 5.10 Å². The van der Waals surface area contributed by atoms with Gasteiger partial charge in [0.05, 0.1) is 17.4 Å². The topological polar surface area (TPSA) is 76.0 Å². The van der Waals surface area contributed by atoms with Crippen LogP contribution < -0.4 is 10.3 Å². The molecular formula is C22H20ClN5O2. The summed E-state index contributed by atoms with van der Waals surface area (Å²) in [4.78, 5) is 17.6. The van der Waals surface area contributed by atoms with Gasteiger partial charge in [0.15, 0.2) is 0 Å². The molecule has 2 aromatic carbocycles. The standard InChI is InChI=1S/C22H20ClN5O2/c1-27-9-8-18(12-27)30-17-5-3-16(4-6-17)28-13-21(25-26-28)19-11-14-10-15(23)2-7-20(14)24-22(19)29/h2-7,10-11,13,18H,8-9,12H2,1H3,(H,24,29)/t18-/m0/s1. The molecule has 5 rings (SSSR count). The average molecular weight is 422 g/mol. The highest BCUT2D eigenvalue weighted by molar-refractivity contribution is 6.31. The zero-order chi connectivity index (χ0) is 20.7. The van der Waals surface area contributed by atoms with Gasteiger partial charge in [0.25, 0.3) is 5.56 Å². The van der Waals surface area contributed by atoms with Gasteiger partial charge in [0.1, 0.15) is 17.5 Å². The summed E-state index contributed by atoms with van der Waals surface area (Å²) >= 11 is 6.08. The van der Waals surface area contributed by atoms with Crippen molar-refractivity contribution in [1.29, 1.82) is 0 Å². The number of aromatic amines is 1. The molecule has 0 amide bonds. The maximum atomic E-state index is 12.5. The molecule has 0 saturated carbocycles. The highest BCUT2D eigenvalue weighted by Gasteiger charge is 2.20. The molecule has 8 heteroatoms. The van der Waals surface area contributed by atoms with E-state index in [1.54, 1.807) is 29.1 Å². The molecule has 30 heavy (non-hydrogen) atoms. The number of ether oxygens (including phenoxy) is 1. The summed E-state index contributed by atoms with van der Waals surface area (Å²) in [5.74, 6) is 0.835. The molecule has 1 fully saturated rings. The van der Waals surface area contributed by atoms with Crippen LogP contribution in [0.4, 0.5) is 0 Å². The summed E-state index contributed by atoms with van der Waals surface area (Å²) in [7, 11) is 2.10. The molecule has 1 atom stereocenters. The van der Waals surface area contributed by atoms with Crippen molar-refractivity contribution in [1.82, 2.24) is 24.9 Å². The SMILES string of the molecule is CN1CC[C@H](Oc2ccc(-n3cc(-c4cc5cc(Cl)ccc5[nH]c4=O)nn3)cc2)C1. The summed E-state index contributed by atoms with van der Waals surface area (Å²) in [5.41, 5.74) is 2.28. The Morgan fingerprint density at radius 3 is 2.77 bits per heavy atom. The van der Waals surface area contributed by atoms with Crippen LogP contribution in [0.1, 0.15) is 6.42 Å². The fourth-order valence-electron chi connectivity index (χ4n) is 3.74. The third-order valence-corrected chi connectivity index (χ3v) is 5.56. The van der Waals surface area contributed by atoms with Gasteiger partial charge in [-0.25, -0.2) is 4.68 Å². The van der Waals surface area contributed by atoms with Crippen LogP contribution in [-0.4, -0.2) is 51.1 Å². The molecule has 0 aliphatic carbocycles. The molecule has 1 aliphatic rings. The van der Waals surface area contributed by atoms with Crippen LogP contribution >= 0.6 is 11.6 Å². The van der Waals surface area contributed by atoms with Crippen molar-refractivity contribution >= 4 is 22.5 Å². The molecular weight excluding hydrogens is 402 g/mol. The van der Waals surface area contributed by atoms with Gasteiger partial charge in [0.2, 0.25) is 0 Å². The van der Waals surface area contributed by atoms with Gasteiger partial charge in [-0.2, -0.15) is 0 Å². The molecule has 1 saturated heterocycles. The Balaban J connectivity index is 1.39. The van der Waals surface area contributed by atoms with Gasteiger partial charge in [-0.05, 0) is 62.0 Å². The molecule has 2 aromatic heterocycles. The lowest BCUT2D eigenvalue weighted by atomic mass is 10.1. The Kier molecular flexibility index (Phi) is 4.77. The zero-order valence-corrected chi connectivity index (χ0v) is 17.1. The molecule has 1 N–H and O–H groups in total. The number of likely N-dealkylation sites (tertiary alicyclic amines) is 1. The Morgan fingerprint density at radius 1 is 1.17 bits per heavy atom. The average Bonchev–Trinajstić information content (AvgIpc) is 3.38. The van der Waals surface area contributed by atoms with E-state index in [0.29, 0.717) is 16.3 Å². The number of nitrogens with zero attached hydrogens (tertiary/aromatic N) is 4. The smallest absolute Gasteiger partial charge is 0.258 e. The van der Waals surface area contributed by atoms with Crippen LogP contribution in [-0.2, 0) is 0 Å². The predicted molar refractivity (Wildman–Crippen MR) is 116 cm³/mol. The first kappa shape index (κ1) is 18.8. The number of halogens is 1. The maximum Gasteiger partial charge on any atom is 0.258 e. The molecule has 0 unspecified atom stereocenters. The minimum Gasteiger partial charge on any atom is -0.489 e. The fraction of sp³-hybridized carbons (Fsp3) is 0.227. The minimum atomic E-state index is -0.220. The second-order valence-corrected chi connectivity index (χ2v) is 8.01. The van der Waals surface area contributed by atoms with E-state index in [9.17, 15) is 4.79 Å². The number of hydrogen-bond donors (Lipinski definition) is 1. The molecule has 3 heterocycles. The largest absolute Gasteiger partial charge is 0.489 e. The van der Waals surface area contributed by atoms with E-state index in [1.165, 1.54) is 0 Å². The lowest BCUT2D eigenvalue weighted by Crippen LogP contribution is -2.21. The molecule has 152 valence electrons. The van der Waals surface area contributed by atoms with Crippen LogP contribution in [0.2, 0.25) is 5.02 Å². The van der Waals surface area contributed by atoms with Gasteiger partial charge >= 0.3 is 0 Å². The van der Waals surface area contributed by atoms with E-state index < -0.39 is 0 Å². The van der Waals surface area contributed by atoms with Crippen LogP contribution in [0.3, 0.4) is 0 Å². The number of fused-ring (bicyclic) bond motifs is 1. The third kappa shape index (κ3) is 3.69. The van der Waals surface area contributed by atoms with Crippen molar-refractivity contribution < 1.29 is 4.74 Å². The molecule has 4 aromatic rings.